The molecule has 1 atom stereocenters. The molecule has 2 amide bonds. The van der Waals surface area contributed by atoms with Gasteiger partial charge >= 0.3 is 0 Å². The number of hydrogen-bond donors (Lipinski definition) is 2. The molecule has 2 N–H and O–H groups in total. The molecule has 0 aromatic heterocycles. The quantitative estimate of drug-likeness (QED) is 0.419. The largest absolute Gasteiger partial charge is 0.493 e. The number of carbonyl (C=O) groups is 2. The van der Waals surface area contributed by atoms with Gasteiger partial charge in [-0.25, -0.2) is 4.39 Å². The summed E-state index contributed by atoms with van der Waals surface area (Å²) in [5.74, 6) is -0.101. The summed E-state index contributed by atoms with van der Waals surface area (Å²) >= 11 is 0. The first-order chi connectivity index (χ1) is 17.0. The average molecular weight is 481 g/mol. The van der Waals surface area contributed by atoms with Crippen molar-refractivity contribution in [2.24, 2.45) is 0 Å². The van der Waals surface area contributed by atoms with Crippen LogP contribution >= 0.6 is 0 Å². The number of para-hydroxylation sites is 2. The summed E-state index contributed by atoms with van der Waals surface area (Å²) in [6, 6.07) is 18.2. The zero-order chi connectivity index (χ0) is 25.2. The molecular weight excluding hydrogens is 451 g/mol. The molecule has 3 aromatic carbocycles. The van der Waals surface area contributed by atoms with Crippen LogP contribution in [-0.2, 0) is 11.2 Å². The molecule has 3 aromatic rings. The standard InChI is InChI=1S/C27H29FN2O5/c1-4-22(35-23-12-8-6-10-20(23)28)27(32)30-21-11-7-5-9-19(21)26(31)29-16-15-18-13-14-24(33-2)25(17-18)34-3/h5-14,17,22H,4,15-16H2,1-3H3,(H,29,31)(H,30,32)/t22-/m1/s1. The van der Waals surface area contributed by atoms with E-state index in [-0.39, 0.29) is 11.7 Å². The maximum Gasteiger partial charge on any atom is 0.265 e. The van der Waals surface area contributed by atoms with Gasteiger partial charge in [0, 0.05) is 6.54 Å². The van der Waals surface area contributed by atoms with Gasteiger partial charge in [-0.15, -0.1) is 0 Å². The normalized spacial score (nSPS) is 11.3. The van der Waals surface area contributed by atoms with Gasteiger partial charge in [0.1, 0.15) is 0 Å². The van der Waals surface area contributed by atoms with E-state index in [0.29, 0.717) is 42.1 Å². The number of halogens is 1. The van der Waals surface area contributed by atoms with Crippen molar-refractivity contribution in [1.82, 2.24) is 5.32 Å². The fourth-order valence-corrected chi connectivity index (χ4v) is 3.47. The fraction of sp³-hybridized carbons (Fsp3) is 0.259. The number of methoxy groups -OCH3 is 2. The number of anilines is 1. The first kappa shape index (κ1) is 25.6. The van der Waals surface area contributed by atoms with Crippen molar-refractivity contribution in [3.8, 4) is 17.2 Å². The van der Waals surface area contributed by atoms with Gasteiger partial charge in [0.25, 0.3) is 11.8 Å². The summed E-state index contributed by atoms with van der Waals surface area (Å²) in [5.41, 5.74) is 1.63. The Bertz CT molecular complexity index is 1170. The van der Waals surface area contributed by atoms with Crippen LogP contribution < -0.4 is 24.8 Å². The Morgan fingerprint density at radius 1 is 0.914 bits per heavy atom. The van der Waals surface area contributed by atoms with E-state index in [1.807, 2.05) is 18.2 Å². The van der Waals surface area contributed by atoms with Crippen molar-refractivity contribution in [2.75, 3.05) is 26.1 Å². The Morgan fingerprint density at radius 3 is 2.34 bits per heavy atom. The van der Waals surface area contributed by atoms with Crippen molar-refractivity contribution < 1.29 is 28.2 Å². The van der Waals surface area contributed by atoms with E-state index in [0.717, 1.165) is 5.56 Å². The molecule has 0 unspecified atom stereocenters. The lowest BCUT2D eigenvalue weighted by Gasteiger charge is -2.19. The molecular formula is C27H29FN2O5. The van der Waals surface area contributed by atoms with E-state index in [9.17, 15) is 14.0 Å². The average Bonchev–Trinajstić information content (AvgIpc) is 2.88. The summed E-state index contributed by atoms with van der Waals surface area (Å²) in [4.78, 5) is 25.7. The molecule has 0 heterocycles. The topological polar surface area (TPSA) is 85.9 Å². The van der Waals surface area contributed by atoms with E-state index in [2.05, 4.69) is 10.6 Å². The molecule has 0 aliphatic carbocycles. The predicted octanol–water partition coefficient (Wildman–Crippen LogP) is 4.61. The van der Waals surface area contributed by atoms with Crippen molar-refractivity contribution in [3.63, 3.8) is 0 Å². The summed E-state index contributed by atoms with van der Waals surface area (Å²) < 4.78 is 30.1. The number of benzene rings is 3. The van der Waals surface area contributed by atoms with E-state index in [1.54, 1.807) is 57.5 Å². The molecule has 0 aliphatic rings. The van der Waals surface area contributed by atoms with E-state index >= 15 is 0 Å². The van der Waals surface area contributed by atoms with Crippen LogP contribution in [0.4, 0.5) is 10.1 Å². The smallest absolute Gasteiger partial charge is 0.265 e. The first-order valence-electron chi connectivity index (χ1n) is 11.3. The second-order valence-electron chi connectivity index (χ2n) is 7.68. The minimum atomic E-state index is -0.923. The molecule has 0 saturated carbocycles. The molecule has 184 valence electrons. The van der Waals surface area contributed by atoms with Crippen molar-refractivity contribution in [3.05, 3.63) is 83.7 Å². The number of ether oxygens (including phenoxy) is 3. The SMILES string of the molecule is CC[C@@H](Oc1ccccc1F)C(=O)Nc1ccccc1C(=O)NCCc1ccc(OC)c(OC)c1. The van der Waals surface area contributed by atoms with Crippen LogP contribution in [0.5, 0.6) is 17.2 Å². The summed E-state index contributed by atoms with van der Waals surface area (Å²) in [7, 11) is 3.14. The Hall–Kier alpha value is -4.07. The van der Waals surface area contributed by atoms with Crippen LogP contribution in [0.2, 0.25) is 0 Å². The van der Waals surface area contributed by atoms with Crippen LogP contribution in [0.3, 0.4) is 0 Å². The first-order valence-corrected chi connectivity index (χ1v) is 11.3. The Labute approximate surface area is 204 Å². The van der Waals surface area contributed by atoms with Crippen LogP contribution in [0.15, 0.2) is 66.7 Å². The highest BCUT2D eigenvalue weighted by Crippen LogP contribution is 2.27. The zero-order valence-corrected chi connectivity index (χ0v) is 20.0. The number of amides is 2. The van der Waals surface area contributed by atoms with Gasteiger partial charge < -0.3 is 24.8 Å². The molecule has 0 radical (unpaired) electrons. The lowest BCUT2D eigenvalue weighted by molar-refractivity contribution is -0.122. The number of rotatable bonds is 11. The highest BCUT2D eigenvalue weighted by molar-refractivity contribution is 6.04. The van der Waals surface area contributed by atoms with Crippen molar-refractivity contribution in [2.45, 2.75) is 25.9 Å². The molecule has 35 heavy (non-hydrogen) atoms. The van der Waals surface area contributed by atoms with Crippen LogP contribution in [-0.4, -0.2) is 38.7 Å². The summed E-state index contributed by atoms with van der Waals surface area (Å²) in [6.45, 7) is 2.14. The molecule has 0 aliphatic heterocycles. The van der Waals surface area contributed by atoms with E-state index in [4.69, 9.17) is 14.2 Å². The highest BCUT2D eigenvalue weighted by Gasteiger charge is 2.22. The summed E-state index contributed by atoms with van der Waals surface area (Å²) in [6.07, 6.45) is -0.0254. The number of carbonyl (C=O) groups excluding carboxylic acids is 2. The molecule has 0 fully saturated rings. The third-order valence-corrected chi connectivity index (χ3v) is 5.35. The molecule has 0 bridgehead atoms. The van der Waals surface area contributed by atoms with Gasteiger partial charge in [-0.3, -0.25) is 9.59 Å². The minimum absolute atomic E-state index is 0.00399. The van der Waals surface area contributed by atoms with Crippen LogP contribution in [0.25, 0.3) is 0 Å². The second kappa shape index (κ2) is 12.4. The Morgan fingerprint density at radius 2 is 1.63 bits per heavy atom. The third kappa shape index (κ3) is 6.72. The van der Waals surface area contributed by atoms with Crippen LogP contribution in [0.1, 0.15) is 29.3 Å². The predicted molar refractivity (Wildman–Crippen MR) is 132 cm³/mol. The minimum Gasteiger partial charge on any atom is -0.493 e. The van der Waals surface area contributed by atoms with E-state index in [1.165, 1.54) is 12.1 Å². The van der Waals surface area contributed by atoms with Crippen molar-refractivity contribution >= 4 is 17.5 Å². The summed E-state index contributed by atoms with van der Waals surface area (Å²) in [5, 5.41) is 5.61. The third-order valence-electron chi connectivity index (χ3n) is 5.35. The molecule has 7 nitrogen and oxygen atoms in total. The number of nitrogens with one attached hydrogen (secondary N) is 2. The van der Waals surface area contributed by atoms with Gasteiger partial charge in [0.2, 0.25) is 0 Å². The van der Waals surface area contributed by atoms with Gasteiger partial charge in [-0.05, 0) is 54.8 Å². The Balaban J connectivity index is 1.63. The van der Waals surface area contributed by atoms with Gasteiger partial charge in [0.15, 0.2) is 29.2 Å². The van der Waals surface area contributed by atoms with Crippen molar-refractivity contribution in [1.29, 1.82) is 0 Å². The lowest BCUT2D eigenvalue weighted by Crippen LogP contribution is -2.34. The maximum atomic E-state index is 13.9. The molecule has 0 spiro atoms. The molecule has 0 saturated heterocycles. The van der Waals surface area contributed by atoms with Gasteiger partial charge in [-0.1, -0.05) is 37.3 Å². The highest BCUT2D eigenvalue weighted by atomic mass is 19.1. The van der Waals surface area contributed by atoms with E-state index < -0.39 is 17.8 Å². The molecule has 3 rings (SSSR count). The number of hydrogen-bond acceptors (Lipinski definition) is 5. The van der Waals surface area contributed by atoms with Gasteiger partial charge in [0.05, 0.1) is 25.5 Å². The van der Waals surface area contributed by atoms with Crippen LogP contribution in [0, 0.1) is 5.82 Å². The fourth-order valence-electron chi connectivity index (χ4n) is 3.47. The lowest BCUT2D eigenvalue weighted by atomic mass is 10.1. The molecule has 8 heteroatoms. The Kier molecular flexibility index (Phi) is 9.06. The second-order valence-corrected chi connectivity index (χ2v) is 7.68. The zero-order valence-electron chi connectivity index (χ0n) is 20.0. The van der Waals surface area contributed by atoms with Gasteiger partial charge in [-0.2, -0.15) is 0 Å². The monoisotopic (exact) mass is 480 g/mol. The maximum absolute atomic E-state index is 13.9.